The first-order chi connectivity index (χ1) is 16.0. The quantitative estimate of drug-likeness (QED) is 0.452. The summed E-state index contributed by atoms with van der Waals surface area (Å²) < 4.78 is 33.4. The van der Waals surface area contributed by atoms with Gasteiger partial charge in [-0.2, -0.15) is 0 Å². The lowest BCUT2D eigenvalue weighted by molar-refractivity contribution is -0.120. The van der Waals surface area contributed by atoms with Gasteiger partial charge in [-0.1, -0.05) is 53.1 Å². The molecule has 0 spiro atoms. The number of methoxy groups -OCH3 is 1. The molecule has 3 aromatic carbocycles. The maximum atomic E-state index is 13.6. The first-order valence-electron chi connectivity index (χ1n) is 10.8. The predicted octanol–water partition coefficient (Wildman–Crippen LogP) is 5.35. The van der Waals surface area contributed by atoms with Crippen LogP contribution < -0.4 is 14.4 Å². The molecule has 0 saturated heterocycles. The average Bonchev–Trinajstić information content (AvgIpc) is 2.77. The van der Waals surface area contributed by atoms with Crippen molar-refractivity contribution in [2.24, 2.45) is 0 Å². The molecule has 180 valence electrons. The Hall–Kier alpha value is -3.03. The monoisotopic (exact) mass is 500 g/mol. The number of hydrogen-bond donors (Lipinski definition) is 1. The van der Waals surface area contributed by atoms with Gasteiger partial charge in [-0.15, -0.1) is 0 Å². The van der Waals surface area contributed by atoms with Crippen LogP contribution in [-0.4, -0.2) is 28.0 Å². The highest BCUT2D eigenvalue weighted by Gasteiger charge is 2.28. The van der Waals surface area contributed by atoms with Crippen LogP contribution in [0.2, 0.25) is 5.02 Å². The molecule has 1 amide bonds. The molecule has 0 saturated carbocycles. The summed E-state index contributed by atoms with van der Waals surface area (Å²) in [7, 11) is -2.57. The highest BCUT2D eigenvalue weighted by Crippen LogP contribution is 2.32. The van der Waals surface area contributed by atoms with Crippen LogP contribution in [0.1, 0.15) is 35.2 Å². The molecule has 0 aliphatic rings. The van der Waals surface area contributed by atoms with E-state index >= 15 is 0 Å². The van der Waals surface area contributed by atoms with Crippen molar-refractivity contribution in [3.63, 3.8) is 0 Å². The second kappa shape index (κ2) is 10.5. The highest BCUT2D eigenvalue weighted by molar-refractivity contribution is 7.92. The molecule has 34 heavy (non-hydrogen) atoms. The molecular formula is C26H29ClN2O4S. The molecule has 3 aromatic rings. The number of halogens is 1. The maximum Gasteiger partial charge on any atom is 0.264 e. The molecule has 0 radical (unpaired) electrons. The Labute approximate surface area is 206 Å². The summed E-state index contributed by atoms with van der Waals surface area (Å²) in [5.41, 5.74) is 4.35. The number of amides is 1. The van der Waals surface area contributed by atoms with E-state index in [-0.39, 0.29) is 21.6 Å². The van der Waals surface area contributed by atoms with Crippen molar-refractivity contribution in [3.05, 3.63) is 87.9 Å². The van der Waals surface area contributed by atoms with E-state index in [4.69, 9.17) is 16.3 Å². The molecule has 1 N–H and O–H groups in total. The molecule has 3 rings (SSSR count). The number of anilines is 1. The van der Waals surface area contributed by atoms with E-state index in [2.05, 4.69) is 5.32 Å². The van der Waals surface area contributed by atoms with Crippen LogP contribution in [0.15, 0.2) is 65.6 Å². The number of rotatable bonds is 8. The van der Waals surface area contributed by atoms with Gasteiger partial charge >= 0.3 is 0 Å². The van der Waals surface area contributed by atoms with Crippen molar-refractivity contribution in [3.8, 4) is 5.75 Å². The smallest absolute Gasteiger partial charge is 0.264 e. The number of ether oxygens (including phenoxy) is 1. The summed E-state index contributed by atoms with van der Waals surface area (Å²) in [5, 5.41) is 3.17. The third-order valence-corrected chi connectivity index (χ3v) is 7.67. The van der Waals surface area contributed by atoms with Gasteiger partial charge in [0.15, 0.2) is 0 Å². The van der Waals surface area contributed by atoms with Crippen molar-refractivity contribution in [2.75, 3.05) is 18.0 Å². The summed E-state index contributed by atoms with van der Waals surface area (Å²) in [6.07, 6.45) is 0. The minimum Gasteiger partial charge on any atom is -0.495 e. The van der Waals surface area contributed by atoms with Gasteiger partial charge in [-0.05, 0) is 69.2 Å². The largest absolute Gasteiger partial charge is 0.495 e. The van der Waals surface area contributed by atoms with Crippen molar-refractivity contribution in [2.45, 2.75) is 38.6 Å². The third kappa shape index (κ3) is 5.72. The summed E-state index contributed by atoms with van der Waals surface area (Å²) in [4.78, 5) is 13.1. The van der Waals surface area contributed by atoms with E-state index in [0.29, 0.717) is 5.75 Å². The fourth-order valence-corrected chi connectivity index (χ4v) is 5.43. The molecule has 0 aromatic heterocycles. The van der Waals surface area contributed by atoms with E-state index < -0.39 is 22.5 Å². The number of benzene rings is 3. The number of carbonyl (C=O) groups excluding carboxylic acids is 1. The molecular weight excluding hydrogens is 472 g/mol. The summed E-state index contributed by atoms with van der Waals surface area (Å²) in [6, 6.07) is 16.8. The molecule has 0 bridgehead atoms. The van der Waals surface area contributed by atoms with Crippen molar-refractivity contribution >= 4 is 33.2 Å². The van der Waals surface area contributed by atoms with Gasteiger partial charge in [-0.3, -0.25) is 9.10 Å². The Morgan fingerprint density at radius 2 is 1.65 bits per heavy atom. The van der Waals surface area contributed by atoms with Gasteiger partial charge in [0.25, 0.3) is 10.0 Å². The molecule has 8 heteroatoms. The number of aryl methyl sites for hydroxylation is 3. The van der Waals surface area contributed by atoms with Gasteiger partial charge < -0.3 is 10.1 Å². The fraction of sp³-hybridized carbons (Fsp3) is 0.269. The summed E-state index contributed by atoms with van der Waals surface area (Å²) >= 11 is 6.27. The number of hydrogen-bond acceptors (Lipinski definition) is 4. The van der Waals surface area contributed by atoms with E-state index in [9.17, 15) is 13.2 Å². The third-order valence-electron chi connectivity index (χ3n) is 5.59. The van der Waals surface area contributed by atoms with Crippen LogP contribution >= 0.6 is 11.6 Å². The normalized spacial score (nSPS) is 12.2. The van der Waals surface area contributed by atoms with Crippen LogP contribution in [0.4, 0.5) is 5.69 Å². The summed E-state index contributed by atoms with van der Waals surface area (Å²) in [6.45, 7) is 7.33. The standard InChI is InChI=1S/C26H29ClN2O4S/c1-17-6-10-22(11-7-17)34(31,32)29(21-9-13-25(33-5)24(27)15-21)16-26(30)28-20(4)23-12-8-18(2)14-19(23)3/h6-15,20H,16H2,1-5H3,(H,28,30)/t20-/m1/s1. The Bertz CT molecular complexity index is 1290. The van der Waals surface area contributed by atoms with Crippen LogP contribution in [0.5, 0.6) is 5.75 Å². The second-order valence-corrected chi connectivity index (χ2v) is 10.6. The SMILES string of the molecule is COc1ccc(N(CC(=O)N[C@H](C)c2ccc(C)cc2C)S(=O)(=O)c2ccc(C)cc2)cc1Cl. The maximum absolute atomic E-state index is 13.6. The van der Waals surface area contributed by atoms with Gasteiger partial charge in [0.1, 0.15) is 12.3 Å². The predicted molar refractivity (Wildman–Crippen MR) is 136 cm³/mol. The van der Waals surface area contributed by atoms with E-state index in [0.717, 1.165) is 26.6 Å². The molecule has 0 aliphatic carbocycles. The number of nitrogens with zero attached hydrogens (tertiary/aromatic N) is 1. The molecule has 6 nitrogen and oxygen atoms in total. The minimum absolute atomic E-state index is 0.0836. The fourth-order valence-electron chi connectivity index (χ4n) is 3.77. The zero-order valence-electron chi connectivity index (χ0n) is 19.9. The zero-order chi connectivity index (χ0) is 25.0. The van der Waals surface area contributed by atoms with Gasteiger partial charge in [-0.25, -0.2) is 8.42 Å². The summed E-state index contributed by atoms with van der Waals surface area (Å²) in [5.74, 6) is -0.0267. The Morgan fingerprint density at radius 1 is 1.00 bits per heavy atom. The lowest BCUT2D eigenvalue weighted by Crippen LogP contribution is -2.41. The minimum atomic E-state index is -4.04. The first-order valence-corrected chi connectivity index (χ1v) is 12.6. The van der Waals surface area contributed by atoms with Crippen molar-refractivity contribution in [1.29, 1.82) is 0 Å². The van der Waals surface area contributed by atoms with Gasteiger partial charge in [0.2, 0.25) is 5.91 Å². The lowest BCUT2D eigenvalue weighted by Gasteiger charge is -2.26. The zero-order valence-corrected chi connectivity index (χ0v) is 21.5. The van der Waals surface area contributed by atoms with Crippen molar-refractivity contribution in [1.82, 2.24) is 5.32 Å². The van der Waals surface area contributed by atoms with Gasteiger partial charge in [0, 0.05) is 0 Å². The lowest BCUT2D eigenvalue weighted by atomic mass is 10.0. The topological polar surface area (TPSA) is 75.7 Å². The molecule has 0 aliphatic heterocycles. The molecule has 0 unspecified atom stereocenters. The van der Waals surface area contributed by atoms with E-state index in [1.165, 1.54) is 25.3 Å². The second-order valence-electron chi connectivity index (χ2n) is 8.29. The van der Waals surface area contributed by atoms with Crippen LogP contribution in [0.3, 0.4) is 0 Å². The van der Waals surface area contributed by atoms with Gasteiger partial charge in [0.05, 0.1) is 28.8 Å². The van der Waals surface area contributed by atoms with Crippen molar-refractivity contribution < 1.29 is 17.9 Å². The first kappa shape index (κ1) is 25.6. The Morgan fingerprint density at radius 3 is 2.24 bits per heavy atom. The Kier molecular flexibility index (Phi) is 7.89. The highest BCUT2D eigenvalue weighted by atomic mass is 35.5. The molecule has 0 fully saturated rings. The number of sulfonamides is 1. The van der Waals surface area contributed by atoms with Crippen LogP contribution in [0.25, 0.3) is 0 Å². The van der Waals surface area contributed by atoms with E-state index in [1.54, 1.807) is 24.3 Å². The van der Waals surface area contributed by atoms with Crippen LogP contribution in [0, 0.1) is 20.8 Å². The van der Waals surface area contributed by atoms with E-state index in [1.807, 2.05) is 45.9 Å². The number of nitrogens with one attached hydrogen (secondary N) is 1. The average molecular weight is 501 g/mol. The Balaban J connectivity index is 1.94. The molecule has 1 atom stereocenters. The van der Waals surface area contributed by atoms with Crippen LogP contribution in [-0.2, 0) is 14.8 Å². The molecule has 0 heterocycles. The number of carbonyl (C=O) groups is 1.